The lowest BCUT2D eigenvalue weighted by Crippen LogP contribution is -2.20. The van der Waals surface area contributed by atoms with E-state index >= 15 is 0 Å². The minimum atomic E-state index is -4.59. The number of halogens is 3. The summed E-state index contributed by atoms with van der Waals surface area (Å²) in [6, 6.07) is 33.9. The number of para-hydroxylation sites is 1. The number of hydrogen-bond donors (Lipinski definition) is 1. The number of thioether (sulfide) groups is 1. The van der Waals surface area contributed by atoms with E-state index < -0.39 is 11.9 Å². The van der Waals surface area contributed by atoms with Crippen molar-refractivity contribution in [1.29, 1.82) is 0 Å². The van der Waals surface area contributed by atoms with Crippen LogP contribution < -0.4 is 5.32 Å². The molecule has 0 bridgehead atoms. The van der Waals surface area contributed by atoms with Gasteiger partial charge in [0.1, 0.15) is 5.70 Å². The lowest BCUT2D eigenvalue weighted by molar-refractivity contribution is -0.0901. The molecule has 6 heteroatoms. The van der Waals surface area contributed by atoms with Crippen molar-refractivity contribution in [1.82, 2.24) is 0 Å². The average Bonchev–Trinajstić information content (AvgIpc) is 3.38. The number of benzene rings is 4. The van der Waals surface area contributed by atoms with Gasteiger partial charge in [-0.2, -0.15) is 13.2 Å². The normalized spacial score (nSPS) is 16.0. The van der Waals surface area contributed by atoms with Crippen LogP contribution in [0.1, 0.15) is 11.6 Å². The van der Waals surface area contributed by atoms with E-state index in [0.29, 0.717) is 27.6 Å². The quantitative estimate of drug-likeness (QED) is 0.286. The second-order valence-electron chi connectivity index (χ2n) is 8.35. The van der Waals surface area contributed by atoms with Gasteiger partial charge in [-0.25, -0.2) is 0 Å². The van der Waals surface area contributed by atoms with E-state index in [2.05, 4.69) is 10.3 Å². The van der Waals surface area contributed by atoms with Crippen molar-refractivity contribution in [3.63, 3.8) is 0 Å². The summed E-state index contributed by atoms with van der Waals surface area (Å²) in [7, 11) is 0. The summed E-state index contributed by atoms with van der Waals surface area (Å²) in [6.45, 7) is 0. The predicted molar refractivity (Wildman–Crippen MR) is 144 cm³/mol. The third-order valence-electron chi connectivity index (χ3n) is 5.92. The van der Waals surface area contributed by atoms with Gasteiger partial charge in [0.2, 0.25) is 0 Å². The Bertz CT molecular complexity index is 1320. The van der Waals surface area contributed by atoms with Crippen LogP contribution in [0.25, 0.3) is 22.3 Å². The number of anilines is 1. The van der Waals surface area contributed by atoms with E-state index in [9.17, 15) is 13.2 Å². The van der Waals surface area contributed by atoms with Crippen LogP contribution in [0.5, 0.6) is 0 Å². The van der Waals surface area contributed by atoms with Gasteiger partial charge in [-0.1, -0.05) is 109 Å². The molecule has 0 fully saturated rings. The maximum Gasteiger partial charge on any atom is 0.431 e. The Balaban J connectivity index is 1.58. The maximum atomic E-state index is 14.4. The zero-order chi connectivity index (χ0) is 25.0. The molecule has 1 aliphatic heterocycles. The smallest absolute Gasteiger partial charge is 0.350 e. The Kier molecular flexibility index (Phi) is 6.96. The monoisotopic (exact) mass is 500 g/mol. The van der Waals surface area contributed by atoms with Crippen LogP contribution in [0.4, 0.5) is 18.9 Å². The molecule has 2 nitrogen and oxygen atoms in total. The highest BCUT2D eigenvalue weighted by atomic mass is 32.2. The SMILES string of the molecule is FC(F)(F)C(=CC1=NC(c2ccccc2)CS1)Nc1c(-c2ccccc2)cccc1-c1ccccc1. The molecular formula is C30H23F3N2S. The standard InChI is InChI=1S/C30H23F3N2S/c31-30(32,33)27(19-28-34-26(20-36-28)23-15-8-3-9-16-23)35-29-24(21-11-4-1-5-12-21)17-10-18-25(29)22-13-6-2-7-14-22/h1-19,26,35H,20H2. The molecule has 0 spiro atoms. The Morgan fingerprint density at radius 2 is 1.28 bits per heavy atom. The number of hydrogen-bond acceptors (Lipinski definition) is 3. The molecule has 4 aromatic carbocycles. The van der Waals surface area contributed by atoms with E-state index in [1.54, 1.807) is 0 Å². The van der Waals surface area contributed by atoms with Gasteiger partial charge in [0.15, 0.2) is 0 Å². The summed E-state index contributed by atoms with van der Waals surface area (Å²) >= 11 is 1.34. The fraction of sp³-hybridized carbons (Fsp3) is 0.100. The second-order valence-corrected chi connectivity index (χ2v) is 9.39. The Labute approximate surface area is 212 Å². The van der Waals surface area contributed by atoms with Crippen LogP contribution in [-0.4, -0.2) is 17.0 Å². The van der Waals surface area contributed by atoms with Gasteiger partial charge in [-0.15, -0.1) is 11.8 Å². The van der Waals surface area contributed by atoms with Crippen molar-refractivity contribution < 1.29 is 13.2 Å². The van der Waals surface area contributed by atoms with Crippen LogP contribution in [-0.2, 0) is 0 Å². The van der Waals surface area contributed by atoms with Crippen LogP contribution in [0.2, 0.25) is 0 Å². The molecule has 1 heterocycles. The van der Waals surface area contributed by atoms with Crippen molar-refractivity contribution in [3.05, 3.63) is 127 Å². The fourth-order valence-corrected chi connectivity index (χ4v) is 5.17. The lowest BCUT2D eigenvalue weighted by atomic mass is 9.95. The first kappa shape index (κ1) is 23.9. The molecule has 1 unspecified atom stereocenters. The highest BCUT2D eigenvalue weighted by molar-refractivity contribution is 8.14. The number of allylic oxidation sites excluding steroid dienone is 1. The number of aliphatic imine (C=N–C) groups is 1. The van der Waals surface area contributed by atoms with E-state index in [1.807, 2.05) is 109 Å². The van der Waals surface area contributed by atoms with Crippen LogP contribution in [0, 0.1) is 0 Å². The molecule has 1 atom stereocenters. The highest BCUT2D eigenvalue weighted by Gasteiger charge is 2.36. The summed E-state index contributed by atoms with van der Waals surface area (Å²) in [6.07, 6.45) is -3.46. The molecule has 0 aliphatic carbocycles. The van der Waals surface area contributed by atoms with E-state index in [1.165, 1.54) is 11.8 Å². The molecule has 1 aliphatic rings. The fourth-order valence-electron chi connectivity index (χ4n) is 4.17. The molecule has 1 N–H and O–H groups in total. The van der Waals surface area contributed by atoms with Crippen molar-refractivity contribution in [2.24, 2.45) is 4.99 Å². The third kappa shape index (κ3) is 5.39. The van der Waals surface area contributed by atoms with Gasteiger partial charge >= 0.3 is 6.18 Å². The Hall–Kier alpha value is -3.77. The maximum absolute atomic E-state index is 14.4. The third-order valence-corrected chi connectivity index (χ3v) is 6.92. The Morgan fingerprint density at radius 1 is 0.750 bits per heavy atom. The first-order chi connectivity index (χ1) is 17.5. The molecule has 4 aromatic rings. The van der Waals surface area contributed by atoms with Gasteiger partial charge in [-0.3, -0.25) is 4.99 Å². The summed E-state index contributed by atoms with van der Waals surface area (Å²) in [4.78, 5) is 4.58. The van der Waals surface area contributed by atoms with Gasteiger partial charge in [0, 0.05) is 16.9 Å². The van der Waals surface area contributed by atoms with E-state index in [-0.39, 0.29) is 6.04 Å². The Morgan fingerprint density at radius 3 is 1.81 bits per heavy atom. The van der Waals surface area contributed by atoms with Crippen molar-refractivity contribution >= 4 is 22.5 Å². The molecule has 180 valence electrons. The number of nitrogens with one attached hydrogen (secondary N) is 1. The molecule has 0 radical (unpaired) electrons. The van der Waals surface area contributed by atoms with Gasteiger partial charge in [-0.05, 0) is 22.8 Å². The van der Waals surface area contributed by atoms with E-state index in [4.69, 9.17) is 0 Å². The zero-order valence-corrected chi connectivity index (χ0v) is 20.1. The van der Waals surface area contributed by atoms with Crippen LogP contribution >= 0.6 is 11.8 Å². The summed E-state index contributed by atoms with van der Waals surface area (Å²) in [5.74, 6) is 0.608. The van der Waals surface area contributed by atoms with Gasteiger partial charge in [0.05, 0.1) is 16.8 Å². The number of nitrogens with zero attached hydrogens (tertiary/aromatic N) is 1. The molecule has 5 rings (SSSR count). The first-order valence-electron chi connectivity index (χ1n) is 11.5. The van der Waals surface area contributed by atoms with Crippen molar-refractivity contribution in [3.8, 4) is 22.3 Å². The predicted octanol–water partition coefficient (Wildman–Crippen LogP) is 8.77. The lowest BCUT2D eigenvalue weighted by Gasteiger charge is -2.21. The zero-order valence-electron chi connectivity index (χ0n) is 19.2. The molecule has 36 heavy (non-hydrogen) atoms. The molecule has 0 saturated heterocycles. The topological polar surface area (TPSA) is 24.4 Å². The minimum absolute atomic E-state index is 0.159. The molecule has 0 saturated carbocycles. The number of rotatable bonds is 6. The molecule has 0 amide bonds. The summed E-state index contributed by atoms with van der Waals surface area (Å²) < 4.78 is 43.1. The number of alkyl halides is 3. The second kappa shape index (κ2) is 10.5. The van der Waals surface area contributed by atoms with Crippen molar-refractivity contribution in [2.45, 2.75) is 12.2 Å². The first-order valence-corrected chi connectivity index (χ1v) is 12.5. The molecule has 0 aromatic heterocycles. The van der Waals surface area contributed by atoms with Gasteiger partial charge in [0.25, 0.3) is 0 Å². The van der Waals surface area contributed by atoms with Gasteiger partial charge < -0.3 is 5.32 Å². The van der Waals surface area contributed by atoms with Crippen molar-refractivity contribution in [2.75, 3.05) is 11.1 Å². The average molecular weight is 501 g/mol. The van der Waals surface area contributed by atoms with Crippen LogP contribution in [0.15, 0.2) is 126 Å². The molecular weight excluding hydrogens is 477 g/mol. The largest absolute Gasteiger partial charge is 0.431 e. The minimum Gasteiger partial charge on any atom is -0.350 e. The summed E-state index contributed by atoms with van der Waals surface area (Å²) in [5, 5.41) is 3.14. The summed E-state index contributed by atoms with van der Waals surface area (Å²) in [5.41, 5.74) is 3.60. The van der Waals surface area contributed by atoms with E-state index in [0.717, 1.165) is 22.8 Å². The highest BCUT2D eigenvalue weighted by Crippen LogP contribution is 2.40. The van der Waals surface area contributed by atoms with Crippen LogP contribution in [0.3, 0.4) is 0 Å².